The van der Waals surface area contributed by atoms with Crippen LogP contribution in [-0.4, -0.2) is 68.7 Å². The number of aromatic nitrogens is 5. The van der Waals surface area contributed by atoms with Crippen molar-refractivity contribution in [3.8, 4) is 17.1 Å². The fourth-order valence-corrected chi connectivity index (χ4v) is 5.64. The van der Waals surface area contributed by atoms with E-state index in [2.05, 4.69) is 20.3 Å². The molecule has 0 saturated carbocycles. The predicted molar refractivity (Wildman–Crippen MR) is 173 cm³/mol. The number of pyridine rings is 1. The van der Waals surface area contributed by atoms with E-state index in [1.165, 1.54) is 72.8 Å². The number of amides is 1. The minimum Gasteiger partial charge on any atom is -0.462 e. The highest BCUT2D eigenvalue weighted by molar-refractivity contribution is 7.92. The molecular formula is C32H27F2N7O8S. The molecule has 0 radical (unpaired) electrons. The zero-order chi connectivity index (χ0) is 36.0. The zero-order valence-corrected chi connectivity index (χ0v) is 26.8. The smallest absolute Gasteiger partial charge is 0.335 e. The summed E-state index contributed by atoms with van der Waals surface area (Å²) in [6, 6.07) is 10.8. The van der Waals surface area contributed by atoms with Gasteiger partial charge in [0.15, 0.2) is 10.9 Å². The zero-order valence-electron chi connectivity index (χ0n) is 26.0. The van der Waals surface area contributed by atoms with Crippen LogP contribution in [0.15, 0.2) is 100 Å². The van der Waals surface area contributed by atoms with Crippen molar-refractivity contribution in [2.45, 2.75) is 17.5 Å². The van der Waals surface area contributed by atoms with Crippen LogP contribution in [0, 0.1) is 11.6 Å². The number of rotatable bonds is 12. The van der Waals surface area contributed by atoms with Crippen LogP contribution in [-0.2, 0) is 33.0 Å². The van der Waals surface area contributed by atoms with Gasteiger partial charge >= 0.3 is 11.7 Å². The van der Waals surface area contributed by atoms with Crippen molar-refractivity contribution in [2.24, 2.45) is 7.05 Å². The molecule has 0 bridgehead atoms. The summed E-state index contributed by atoms with van der Waals surface area (Å²) in [5.41, 5.74) is -1.82. The molecule has 3 aromatic heterocycles. The van der Waals surface area contributed by atoms with Gasteiger partial charge in [-0.15, -0.1) is 0 Å². The maximum atomic E-state index is 15.2. The SMILES string of the molecule is Cn1ccc(=O)n(-c2ccc(C[C@H](NC(=O)c3c(F)cc(NS(=O)(=O)c4ccc(-c5ncccn5)cn4)cc3F)C(=O)OCCO)cc2)c1=O. The second-order valence-electron chi connectivity index (χ2n) is 10.5. The van der Waals surface area contributed by atoms with Gasteiger partial charge in [0, 0.05) is 49.9 Å². The molecule has 0 fully saturated rings. The standard InChI is InChI=1S/C32H27F2N7O8S/c1-40-12-9-27(43)41(32(40)46)22-6-3-19(4-7-22)15-25(31(45)49-14-13-42)38-30(44)28-23(33)16-21(17-24(28)34)39-50(47,48)26-8-5-20(18-37-26)29-35-10-2-11-36-29/h2-12,16-18,25,39,42H,13-15H2,1H3,(H,38,44)/t25-/m0/s1. The lowest BCUT2D eigenvalue weighted by molar-refractivity contribution is -0.146. The van der Waals surface area contributed by atoms with Gasteiger partial charge in [0.1, 0.15) is 29.8 Å². The fourth-order valence-electron chi connectivity index (χ4n) is 4.67. The van der Waals surface area contributed by atoms with E-state index in [1.807, 2.05) is 4.72 Å². The molecule has 2 aromatic carbocycles. The lowest BCUT2D eigenvalue weighted by Crippen LogP contribution is -2.44. The molecule has 3 heterocycles. The molecule has 0 saturated heterocycles. The minimum absolute atomic E-state index is 0.220. The maximum absolute atomic E-state index is 15.2. The van der Waals surface area contributed by atoms with E-state index < -0.39 is 80.3 Å². The summed E-state index contributed by atoms with van der Waals surface area (Å²) in [6.45, 7) is -0.969. The van der Waals surface area contributed by atoms with Gasteiger partial charge in [-0.05, 0) is 48.0 Å². The van der Waals surface area contributed by atoms with E-state index in [1.54, 1.807) is 6.07 Å². The normalized spacial score (nSPS) is 11.8. The van der Waals surface area contributed by atoms with Gasteiger partial charge in [-0.25, -0.2) is 37.9 Å². The molecule has 1 amide bonds. The third-order valence-electron chi connectivity index (χ3n) is 7.07. The Morgan fingerprint density at radius 2 is 1.66 bits per heavy atom. The third kappa shape index (κ3) is 7.93. The number of nitrogens with one attached hydrogen (secondary N) is 2. The van der Waals surface area contributed by atoms with Crippen molar-refractivity contribution in [1.82, 2.24) is 29.4 Å². The van der Waals surface area contributed by atoms with Crippen molar-refractivity contribution < 1.29 is 36.6 Å². The van der Waals surface area contributed by atoms with Gasteiger partial charge < -0.3 is 19.7 Å². The summed E-state index contributed by atoms with van der Waals surface area (Å²) in [7, 11) is -2.97. The number of carbonyl (C=O) groups is 2. The molecule has 15 nitrogen and oxygen atoms in total. The Bertz CT molecular complexity index is 2240. The van der Waals surface area contributed by atoms with Crippen LogP contribution >= 0.6 is 0 Å². The number of ether oxygens (including phenoxy) is 1. The molecule has 1 atom stereocenters. The molecule has 18 heteroatoms. The maximum Gasteiger partial charge on any atom is 0.335 e. The van der Waals surface area contributed by atoms with E-state index in [0.29, 0.717) is 29.1 Å². The largest absolute Gasteiger partial charge is 0.462 e. The van der Waals surface area contributed by atoms with Gasteiger partial charge in [-0.1, -0.05) is 12.1 Å². The van der Waals surface area contributed by atoms with Crippen LogP contribution in [0.3, 0.4) is 0 Å². The number of aliphatic hydroxyl groups excluding tert-OH is 1. The molecule has 0 spiro atoms. The summed E-state index contributed by atoms with van der Waals surface area (Å²) < 4.78 is 65.2. The number of aryl methyl sites for hydroxylation is 1. The molecule has 0 unspecified atom stereocenters. The molecule has 0 aliphatic rings. The number of nitrogens with zero attached hydrogens (tertiary/aromatic N) is 5. The highest BCUT2D eigenvalue weighted by Crippen LogP contribution is 2.23. The summed E-state index contributed by atoms with van der Waals surface area (Å²) in [6.07, 6.45) is 5.25. The summed E-state index contributed by atoms with van der Waals surface area (Å²) in [4.78, 5) is 62.6. The average molecular weight is 708 g/mol. The number of aliphatic hydroxyl groups is 1. The molecule has 5 aromatic rings. The van der Waals surface area contributed by atoms with E-state index in [4.69, 9.17) is 9.84 Å². The molecule has 0 aliphatic heterocycles. The number of esters is 1. The number of sulfonamides is 1. The van der Waals surface area contributed by atoms with Crippen molar-refractivity contribution in [3.05, 3.63) is 129 Å². The number of carbonyl (C=O) groups excluding carboxylic acids is 2. The Hall–Kier alpha value is -6.14. The summed E-state index contributed by atoms with van der Waals surface area (Å²) in [5, 5.41) is 10.8. The van der Waals surface area contributed by atoms with Gasteiger partial charge in [0.2, 0.25) is 0 Å². The lowest BCUT2D eigenvalue weighted by atomic mass is 10.0. The first kappa shape index (κ1) is 35.2. The Morgan fingerprint density at radius 1 is 0.980 bits per heavy atom. The summed E-state index contributed by atoms with van der Waals surface area (Å²) >= 11 is 0. The van der Waals surface area contributed by atoms with Crippen LogP contribution in [0.5, 0.6) is 0 Å². The van der Waals surface area contributed by atoms with E-state index >= 15 is 8.78 Å². The summed E-state index contributed by atoms with van der Waals surface area (Å²) in [5.74, 6) is -5.01. The number of halogens is 2. The van der Waals surface area contributed by atoms with Crippen LogP contribution in [0.4, 0.5) is 14.5 Å². The van der Waals surface area contributed by atoms with Crippen molar-refractivity contribution in [3.63, 3.8) is 0 Å². The fraction of sp³-hybridized carbons (Fsp3) is 0.156. The number of hydrogen-bond donors (Lipinski definition) is 3. The van der Waals surface area contributed by atoms with Crippen molar-refractivity contribution >= 4 is 27.6 Å². The van der Waals surface area contributed by atoms with Crippen LogP contribution in [0.1, 0.15) is 15.9 Å². The molecular weight excluding hydrogens is 680 g/mol. The van der Waals surface area contributed by atoms with E-state index in [9.17, 15) is 27.6 Å². The van der Waals surface area contributed by atoms with Crippen LogP contribution in [0.25, 0.3) is 17.1 Å². The Labute approximate surface area is 281 Å². The Kier molecular flexibility index (Phi) is 10.5. The number of anilines is 1. The minimum atomic E-state index is -4.44. The van der Waals surface area contributed by atoms with Gasteiger partial charge in [0.05, 0.1) is 18.0 Å². The predicted octanol–water partition coefficient (Wildman–Crippen LogP) is 1.34. The average Bonchev–Trinajstić information content (AvgIpc) is 3.09. The van der Waals surface area contributed by atoms with Gasteiger partial charge in [0.25, 0.3) is 21.5 Å². The van der Waals surface area contributed by atoms with Crippen LogP contribution in [0.2, 0.25) is 0 Å². The van der Waals surface area contributed by atoms with Crippen molar-refractivity contribution in [2.75, 3.05) is 17.9 Å². The first-order valence-corrected chi connectivity index (χ1v) is 16.1. The molecule has 258 valence electrons. The third-order valence-corrected chi connectivity index (χ3v) is 8.37. The van der Waals surface area contributed by atoms with Crippen LogP contribution < -0.4 is 21.3 Å². The topological polar surface area (TPSA) is 204 Å². The monoisotopic (exact) mass is 707 g/mol. The quantitative estimate of drug-likeness (QED) is 0.158. The Balaban J connectivity index is 1.33. The first-order valence-electron chi connectivity index (χ1n) is 14.6. The lowest BCUT2D eigenvalue weighted by Gasteiger charge is -2.19. The second-order valence-corrected chi connectivity index (χ2v) is 12.2. The Morgan fingerprint density at radius 3 is 2.28 bits per heavy atom. The highest BCUT2D eigenvalue weighted by Gasteiger charge is 2.28. The van der Waals surface area contributed by atoms with E-state index in [0.717, 1.165) is 10.6 Å². The van der Waals surface area contributed by atoms with Gasteiger partial charge in [-0.2, -0.15) is 8.42 Å². The van der Waals surface area contributed by atoms with Gasteiger partial charge in [-0.3, -0.25) is 14.3 Å². The molecule has 0 aliphatic carbocycles. The molecule has 3 N–H and O–H groups in total. The molecule has 5 rings (SSSR count). The highest BCUT2D eigenvalue weighted by atomic mass is 32.2. The van der Waals surface area contributed by atoms with Crippen molar-refractivity contribution in [1.29, 1.82) is 0 Å². The first-order chi connectivity index (χ1) is 23.9. The molecule has 50 heavy (non-hydrogen) atoms. The number of hydrogen-bond acceptors (Lipinski definition) is 11. The van der Waals surface area contributed by atoms with E-state index in [-0.39, 0.29) is 12.1 Å². The number of benzene rings is 2. The second kappa shape index (κ2) is 15.0.